The molecule has 0 amide bonds. The quantitative estimate of drug-likeness (QED) is 0.666. The van der Waals surface area contributed by atoms with Gasteiger partial charge >= 0.3 is 0 Å². The predicted molar refractivity (Wildman–Crippen MR) is 119 cm³/mol. The molecular weight excluding hydrogens is 366 g/mol. The van der Waals surface area contributed by atoms with Crippen molar-refractivity contribution in [3.8, 4) is 0 Å². The van der Waals surface area contributed by atoms with Crippen LogP contribution in [0.5, 0.6) is 0 Å². The number of hydrogen-bond acceptors (Lipinski definition) is 5. The molecule has 4 nitrogen and oxygen atoms in total. The van der Waals surface area contributed by atoms with Crippen LogP contribution in [0.4, 0.5) is 22.7 Å². The smallest absolute Gasteiger partial charge is 0.0642 e. The van der Waals surface area contributed by atoms with E-state index in [1.165, 1.54) is 63.2 Å². The summed E-state index contributed by atoms with van der Waals surface area (Å²) in [5, 5.41) is 3.83. The molecule has 3 heterocycles. The SMILES string of the molecule is CCc1cc(N2CCC2)cc2c1Nc1c(CC)cc(N3CCOCC3)cc1S2. The van der Waals surface area contributed by atoms with Crippen molar-refractivity contribution in [2.24, 2.45) is 0 Å². The second-order valence-electron chi connectivity index (χ2n) is 7.83. The molecule has 0 radical (unpaired) electrons. The van der Waals surface area contributed by atoms with Gasteiger partial charge in [-0.05, 0) is 54.7 Å². The highest BCUT2D eigenvalue weighted by Gasteiger charge is 2.25. The van der Waals surface area contributed by atoms with E-state index in [4.69, 9.17) is 4.74 Å². The monoisotopic (exact) mass is 395 g/mol. The lowest BCUT2D eigenvalue weighted by Crippen LogP contribution is -2.37. The molecule has 0 aromatic heterocycles. The van der Waals surface area contributed by atoms with Crippen molar-refractivity contribution in [3.05, 3.63) is 35.4 Å². The number of rotatable bonds is 4. The first-order valence-corrected chi connectivity index (χ1v) is 11.4. The molecule has 28 heavy (non-hydrogen) atoms. The molecule has 3 aliphatic rings. The third-order valence-electron chi connectivity index (χ3n) is 6.17. The van der Waals surface area contributed by atoms with Crippen LogP contribution in [0, 0.1) is 0 Å². The predicted octanol–water partition coefficient (Wildman–Crippen LogP) is 5.07. The van der Waals surface area contributed by atoms with Crippen LogP contribution in [0.25, 0.3) is 0 Å². The van der Waals surface area contributed by atoms with Crippen LogP contribution >= 0.6 is 11.8 Å². The fourth-order valence-corrected chi connectivity index (χ4v) is 5.49. The van der Waals surface area contributed by atoms with Crippen LogP contribution in [-0.2, 0) is 17.6 Å². The Morgan fingerprint density at radius 3 is 1.82 bits per heavy atom. The highest BCUT2D eigenvalue weighted by Crippen LogP contribution is 2.50. The Bertz CT molecular complexity index is 888. The minimum absolute atomic E-state index is 0.825. The zero-order chi connectivity index (χ0) is 19.1. The number of ether oxygens (including phenoxy) is 1. The van der Waals surface area contributed by atoms with E-state index in [2.05, 4.69) is 53.2 Å². The highest BCUT2D eigenvalue weighted by molar-refractivity contribution is 7.99. The van der Waals surface area contributed by atoms with Crippen molar-refractivity contribution < 1.29 is 4.74 Å². The molecule has 0 unspecified atom stereocenters. The van der Waals surface area contributed by atoms with Crippen LogP contribution in [0.1, 0.15) is 31.4 Å². The minimum Gasteiger partial charge on any atom is -0.378 e. The summed E-state index contributed by atoms with van der Waals surface area (Å²) in [5.74, 6) is 0. The number of nitrogens with one attached hydrogen (secondary N) is 1. The largest absolute Gasteiger partial charge is 0.378 e. The molecule has 5 heteroatoms. The van der Waals surface area contributed by atoms with Crippen LogP contribution in [0.3, 0.4) is 0 Å². The second-order valence-corrected chi connectivity index (χ2v) is 8.91. The van der Waals surface area contributed by atoms with E-state index in [1.54, 1.807) is 0 Å². The Kier molecular flexibility index (Phi) is 4.89. The van der Waals surface area contributed by atoms with Gasteiger partial charge in [0.1, 0.15) is 0 Å². The average molecular weight is 396 g/mol. The Hall–Kier alpha value is -1.85. The summed E-state index contributed by atoms with van der Waals surface area (Å²) in [6, 6.07) is 9.54. The lowest BCUT2D eigenvalue weighted by atomic mass is 10.0. The van der Waals surface area contributed by atoms with Crippen molar-refractivity contribution in [2.45, 2.75) is 42.9 Å². The summed E-state index contributed by atoms with van der Waals surface area (Å²) in [7, 11) is 0. The van der Waals surface area contributed by atoms with Crippen molar-refractivity contribution >= 4 is 34.5 Å². The molecule has 0 spiro atoms. The summed E-state index contributed by atoms with van der Waals surface area (Å²) < 4.78 is 5.55. The third kappa shape index (κ3) is 3.15. The van der Waals surface area contributed by atoms with E-state index >= 15 is 0 Å². The van der Waals surface area contributed by atoms with Crippen molar-refractivity contribution in [2.75, 3.05) is 54.5 Å². The molecule has 0 aliphatic carbocycles. The Labute approximate surface area is 172 Å². The average Bonchev–Trinajstić information content (AvgIpc) is 2.70. The summed E-state index contributed by atoms with van der Waals surface area (Å²) in [6.45, 7) is 10.5. The molecule has 0 saturated carbocycles. The van der Waals surface area contributed by atoms with Crippen LogP contribution in [-0.4, -0.2) is 39.4 Å². The molecule has 2 aromatic rings. The van der Waals surface area contributed by atoms with Gasteiger partial charge in [-0.15, -0.1) is 0 Å². The first kappa shape index (κ1) is 18.2. The van der Waals surface area contributed by atoms with Gasteiger partial charge in [0.2, 0.25) is 0 Å². The lowest BCUT2D eigenvalue weighted by molar-refractivity contribution is 0.122. The zero-order valence-corrected chi connectivity index (χ0v) is 17.7. The summed E-state index contributed by atoms with van der Waals surface area (Å²) >= 11 is 1.94. The van der Waals surface area contributed by atoms with Gasteiger partial charge < -0.3 is 19.9 Å². The van der Waals surface area contributed by atoms with E-state index in [0.717, 1.165) is 39.1 Å². The Morgan fingerprint density at radius 1 is 0.821 bits per heavy atom. The van der Waals surface area contributed by atoms with Gasteiger partial charge in [-0.3, -0.25) is 0 Å². The van der Waals surface area contributed by atoms with Crippen molar-refractivity contribution in [1.82, 2.24) is 0 Å². The zero-order valence-electron chi connectivity index (χ0n) is 16.9. The van der Waals surface area contributed by atoms with E-state index in [9.17, 15) is 0 Å². The van der Waals surface area contributed by atoms with Gasteiger partial charge in [0.05, 0.1) is 24.6 Å². The highest BCUT2D eigenvalue weighted by atomic mass is 32.2. The molecule has 0 atom stereocenters. The maximum atomic E-state index is 5.55. The topological polar surface area (TPSA) is 27.7 Å². The number of fused-ring (bicyclic) bond motifs is 2. The normalized spacial score (nSPS) is 18.2. The number of nitrogens with zero attached hydrogens (tertiary/aromatic N) is 2. The van der Waals surface area contributed by atoms with Crippen LogP contribution in [0.15, 0.2) is 34.1 Å². The first-order chi connectivity index (χ1) is 13.8. The number of hydrogen-bond donors (Lipinski definition) is 1. The molecule has 2 aromatic carbocycles. The fourth-order valence-electron chi connectivity index (χ4n) is 4.32. The second kappa shape index (κ2) is 7.53. The number of morpholine rings is 1. The van der Waals surface area contributed by atoms with Gasteiger partial charge in [-0.2, -0.15) is 0 Å². The van der Waals surface area contributed by atoms with E-state index in [-0.39, 0.29) is 0 Å². The van der Waals surface area contributed by atoms with Crippen molar-refractivity contribution in [3.63, 3.8) is 0 Å². The van der Waals surface area contributed by atoms with Crippen LogP contribution in [0.2, 0.25) is 0 Å². The van der Waals surface area contributed by atoms with Gasteiger partial charge in [0, 0.05) is 47.3 Å². The third-order valence-corrected chi connectivity index (χ3v) is 7.25. The molecule has 3 aliphatic heterocycles. The lowest BCUT2D eigenvalue weighted by Gasteiger charge is -2.35. The molecule has 2 fully saturated rings. The van der Waals surface area contributed by atoms with Gasteiger partial charge in [-0.1, -0.05) is 25.6 Å². The maximum Gasteiger partial charge on any atom is 0.0642 e. The molecule has 5 rings (SSSR count). The van der Waals surface area contributed by atoms with E-state index in [0.29, 0.717) is 0 Å². The summed E-state index contributed by atoms with van der Waals surface area (Å²) in [5.41, 5.74) is 8.19. The molecule has 1 N–H and O–H groups in total. The molecule has 2 saturated heterocycles. The molecule has 0 bridgehead atoms. The number of anilines is 4. The van der Waals surface area contributed by atoms with Crippen molar-refractivity contribution in [1.29, 1.82) is 0 Å². The Balaban J connectivity index is 1.54. The van der Waals surface area contributed by atoms with Crippen LogP contribution < -0.4 is 15.1 Å². The first-order valence-electron chi connectivity index (χ1n) is 10.6. The number of benzene rings is 2. The Morgan fingerprint density at radius 2 is 1.36 bits per heavy atom. The van der Waals surface area contributed by atoms with E-state index in [1.807, 2.05) is 11.8 Å². The van der Waals surface area contributed by atoms with E-state index < -0.39 is 0 Å². The van der Waals surface area contributed by atoms with Gasteiger partial charge in [0.15, 0.2) is 0 Å². The summed E-state index contributed by atoms with van der Waals surface area (Å²) in [6.07, 6.45) is 3.41. The maximum absolute atomic E-state index is 5.55. The summed E-state index contributed by atoms with van der Waals surface area (Å²) in [4.78, 5) is 7.69. The molecular formula is C23H29N3OS. The standard InChI is InChI=1S/C23H29N3OS/c1-3-16-12-18(25-6-5-7-25)14-20-22(16)24-23-17(4-2)13-19(15-21(23)28-20)26-8-10-27-11-9-26/h12-15,24H,3-11H2,1-2H3. The van der Waals surface area contributed by atoms with Gasteiger partial charge in [-0.25, -0.2) is 0 Å². The minimum atomic E-state index is 0.825. The molecule has 148 valence electrons. The number of aryl methyl sites for hydroxylation is 2. The van der Waals surface area contributed by atoms with Gasteiger partial charge in [0.25, 0.3) is 0 Å². The fraction of sp³-hybridized carbons (Fsp3) is 0.478.